The summed E-state index contributed by atoms with van der Waals surface area (Å²) in [5, 5.41) is 18.5. The first-order valence-corrected chi connectivity index (χ1v) is 5.62. The lowest BCUT2D eigenvalue weighted by Gasteiger charge is -2.13. The van der Waals surface area contributed by atoms with Crippen LogP contribution in [0.2, 0.25) is 0 Å². The van der Waals surface area contributed by atoms with Gasteiger partial charge in [-0.3, -0.25) is 4.84 Å². The van der Waals surface area contributed by atoms with Gasteiger partial charge in [0.25, 0.3) is 0 Å². The minimum absolute atomic E-state index is 0.0916. The van der Waals surface area contributed by atoms with Gasteiger partial charge in [0.2, 0.25) is 11.8 Å². The van der Waals surface area contributed by atoms with E-state index in [0.29, 0.717) is 16.6 Å². The fourth-order valence-electron chi connectivity index (χ4n) is 2.48. The molecule has 2 saturated carbocycles. The molecule has 2 aliphatic rings. The quantitative estimate of drug-likeness (QED) is 0.759. The molecule has 0 spiro atoms. The van der Waals surface area contributed by atoms with Crippen LogP contribution in [0.4, 0.5) is 4.79 Å². The molecule has 1 aromatic rings. The SMILES string of the molecule is O=C(OC1C[C@@H]2C[C@@H]2C1)On1c(O)ccc1O. The molecule has 3 rings (SSSR count). The van der Waals surface area contributed by atoms with E-state index in [1.807, 2.05) is 0 Å². The average molecular weight is 239 g/mol. The number of rotatable bonds is 2. The fourth-order valence-corrected chi connectivity index (χ4v) is 2.48. The summed E-state index contributed by atoms with van der Waals surface area (Å²) in [6.07, 6.45) is 2.03. The zero-order chi connectivity index (χ0) is 12.0. The van der Waals surface area contributed by atoms with Gasteiger partial charge in [0.05, 0.1) is 0 Å². The molecular formula is C11H13NO5. The van der Waals surface area contributed by atoms with Crippen molar-refractivity contribution in [1.29, 1.82) is 0 Å². The Labute approximate surface area is 97.3 Å². The van der Waals surface area contributed by atoms with Crippen LogP contribution in [0.15, 0.2) is 12.1 Å². The molecule has 2 aliphatic carbocycles. The number of hydrogen-bond acceptors (Lipinski definition) is 5. The summed E-state index contributed by atoms with van der Waals surface area (Å²) in [7, 11) is 0. The molecule has 0 aliphatic heterocycles. The van der Waals surface area contributed by atoms with E-state index in [2.05, 4.69) is 4.84 Å². The van der Waals surface area contributed by atoms with Gasteiger partial charge in [0.15, 0.2) is 0 Å². The van der Waals surface area contributed by atoms with Crippen molar-refractivity contribution >= 4 is 6.16 Å². The first-order chi connectivity index (χ1) is 8.13. The fraction of sp³-hybridized carbons (Fsp3) is 0.545. The van der Waals surface area contributed by atoms with Crippen LogP contribution in [0.25, 0.3) is 0 Å². The summed E-state index contributed by atoms with van der Waals surface area (Å²) in [5.74, 6) is 0.713. The standard InChI is InChI=1S/C11H13NO5/c13-9-1-2-10(14)12(9)17-11(15)16-8-4-6-3-7(6)5-8/h1-2,6-8,13-14H,3-5H2/t6-,7+,8?. The highest BCUT2D eigenvalue weighted by Crippen LogP contribution is 2.52. The van der Waals surface area contributed by atoms with Crippen molar-refractivity contribution in [3.8, 4) is 11.8 Å². The number of aromatic hydroxyl groups is 2. The molecule has 0 saturated heterocycles. The van der Waals surface area contributed by atoms with Gasteiger partial charge in [-0.05, 0) is 31.1 Å². The lowest BCUT2D eigenvalue weighted by atomic mass is 10.2. The molecule has 17 heavy (non-hydrogen) atoms. The third-order valence-corrected chi connectivity index (χ3v) is 3.43. The second-order valence-corrected chi connectivity index (χ2v) is 4.65. The van der Waals surface area contributed by atoms with Crippen LogP contribution in [0.1, 0.15) is 19.3 Å². The number of fused-ring (bicyclic) bond motifs is 1. The zero-order valence-corrected chi connectivity index (χ0v) is 9.07. The number of nitrogens with zero attached hydrogens (tertiary/aromatic N) is 1. The van der Waals surface area contributed by atoms with E-state index >= 15 is 0 Å². The molecule has 1 heterocycles. The van der Waals surface area contributed by atoms with Crippen LogP contribution in [0.3, 0.4) is 0 Å². The Kier molecular flexibility index (Phi) is 2.17. The third-order valence-electron chi connectivity index (χ3n) is 3.43. The first kappa shape index (κ1) is 10.3. The van der Waals surface area contributed by atoms with Crippen molar-refractivity contribution in [2.75, 3.05) is 0 Å². The van der Waals surface area contributed by atoms with Gasteiger partial charge < -0.3 is 14.9 Å². The van der Waals surface area contributed by atoms with E-state index in [9.17, 15) is 15.0 Å². The summed E-state index contributed by atoms with van der Waals surface area (Å²) >= 11 is 0. The van der Waals surface area contributed by atoms with Crippen molar-refractivity contribution in [3.05, 3.63) is 12.1 Å². The topological polar surface area (TPSA) is 80.9 Å². The molecule has 6 nitrogen and oxygen atoms in total. The molecule has 0 aromatic carbocycles. The highest BCUT2D eigenvalue weighted by atomic mass is 16.8. The van der Waals surface area contributed by atoms with Crippen molar-refractivity contribution in [2.45, 2.75) is 25.4 Å². The third kappa shape index (κ3) is 1.90. The maximum absolute atomic E-state index is 11.4. The Morgan fingerprint density at radius 2 is 1.76 bits per heavy atom. The van der Waals surface area contributed by atoms with Gasteiger partial charge in [-0.1, -0.05) is 0 Å². The molecule has 0 bridgehead atoms. The van der Waals surface area contributed by atoms with Gasteiger partial charge in [-0.2, -0.15) is 0 Å². The lowest BCUT2D eigenvalue weighted by Crippen LogP contribution is -2.25. The molecule has 6 heteroatoms. The number of carbonyl (C=O) groups excluding carboxylic acids is 1. The second-order valence-electron chi connectivity index (χ2n) is 4.65. The van der Waals surface area contributed by atoms with Gasteiger partial charge in [0.1, 0.15) is 6.10 Å². The molecule has 1 aromatic heterocycles. The Morgan fingerprint density at radius 1 is 1.18 bits per heavy atom. The van der Waals surface area contributed by atoms with Gasteiger partial charge in [0, 0.05) is 12.1 Å². The summed E-state index contributed by atoms with van der Waals surface area (Å²) in [4.78, 5) is 16.1. The van der Waals surface area contributed by atoms with Crippen LogP contribution >= 0.6 is 0 Å². The summed E-state index contributed by atoms with van der Waals surface area (Å²) in [5.41, 5.74) is 0. The number of carbonyl (C=O) groups is 1. The summed E-state index contributed by atoms with van der Waals surface area (Å²) in [6, 6.07) is 2.43. The van der Waals surface area contributed by atoms with Gasteiger partial charge >= 0.3 is 6.16 Å². The maximum atomic E-state index is 11.4. The molecule has 0 amide bonds. The zero-order valence-electron chi connectivity index (χ0n) is 9.07. The Balaban J connectivity index is 1.56. The van der Waals surface area contributed by atoms with Crippen molar-refractivity contribution in [2.24, 2.45) is 11.8 Å². The maximum Gasteiger partial charge on any atom is 0.534 e. The Hall–Kier alpha value is -1.85. The van der Waals surface area contributed by atoms with Gasteiger partial charge in [-0.15, -0.1) is 4.73 Å². The summed E-state index contributed by atoms with van der Waals surface area (Å²) < 4.78 is 5.71. The van der Waals surface area contributed by atoms with E-state index in [0.717, 1.165) is 12.8 Å². The normalized spacial score (nSPS) is 29.8. The highest BCUT2D eigenvalue weighted by Gasteiger charge is 2.47. The van der Waals surface area contributed by atoms with Crippen molar-refractivity contribution < 1.29 is 24.6 Å². The second kappa shape index (κ2) is 3.58. The first-order valence-electron chi connectivity index (χ1n) is 5.62. The smallest absolute Gasteiger partial charge is 0.492 e. The van der Waals surface area contributed by atoms with Crippen LogP contribution in [0.5, 0.6) is 11.8 Å². The van der Waals surface area contributed by atoms with Crippen LogP contribution in [-0.2, 0) is 4.74 Å². The molecule has 3 atom stereocenters. The molecule has 92 valence electrons. The van der Waals surface area contributed by atoms with Crippen LogP contribution < -0.4 is 4.84 Å². The van der Waals surface area contributed by atoms with E-state index in [-0.39, 0.29) is 17.9 Å². The van der Waals surface area contributed by atoms with E-state index in [1.165, 1.54) is 18.6 Å². The minimum Gasteiger partial charge on any atom is -0.492 e. The molecule has 2 fully saturated rings. The molecule has 1 unspecified atom stereocenters. The number of hydrogen-bond donors (Lipinski definition) is 2. The summed E-state index contributed by atoms with van der Waals surface area (Å²) in [6.45, 7) is 0. The van der Waals surface area contributed by atoms with Gasteiger partial charge in [-0.25, -0.2) is 4.79 Å². The number of ether oxygens (including phenoxy) is 1. The van der Waals surface area contributed by atoms with Crippen molar-refractivity contribution in [3.63, 3.8) is 0 Å². The molecule has 2 N–H and O–H groups in total. The number of aromatic nitrogens is 1. The average Bonchev–Trinajstić information content (AvgIpc) is 2.78. The van der Waals surface area contributed by atoms with E-state index < -0.39 is 6.16 Å². The largest absolute Gasteiger partial charge is 0.534 e. The minimum atomic E-state index is -0.905. The molecule has 0 radical (unpaired) electrons. The Bertz CT molecular complexity index is 425. The van der Waals surface area contributed by atoms with E-state index in [1.54, 1.807) is 0 Å². The highest BCUT2D eigenvalue weighted by molar-refractivity contribution is 5.61. The van der Waals surface area contributed by atoms with Crippen molar-refractivity contribution in [1.82, 2.24) is 4.73 Å². The monoisotopic (exact) mass is 239 g/mol. The predicted octanol–water partition coefficient (Wildman–Crippen LogP) is 1.26. The predicted molar refractivity (Wildman–Crippen MR) is 55.4 cm³/mol. The molecular weight excluding hydrogens is 226 g/mol. The lowest BCUT2D eigenvalue weighted by molar-refractivity contribution is 0.00804. The Morgan fingerprint density at radius 3 is 2.35 bits per heavy atom. The van der Waals surface area contributed by atoms with Crippen LogP contribution in [-0.4, -0.2) is 27.2 Å². The van der Waals surface area contributed by atoms with E-state index in [4.69, 9.17) is 4.74 Å². The van der Waals surface area contributed by atoms with Crippen LogP contribution in [0, 0.1) is 11.8 Å².